The number of ketones is 1. The maximum Gasteiger partial charge on any atom is 2.00 e. The van der Waals surface area contributed by atoms with Crippen molar-refractivity contribution in [1.82, 2.24) is 20.3 Å². The summed E-state index contributed by atoms with van der Waals surface area (Å²) in [5.41, 5.74) is 11.7. The maximum atomic E-state index is 13.9. The van der Waals surface area contributed by atoms with E-state index in [1.165, 1.54) is 12.7 Å². The Morgan fingerprint density at radius 3 is 2.19 bits per heavy atom. The van der Waals surface area contributed by atoms with Gasteiger partial charge in [-0.1, -0.05) is 73.7 Å². The minimum Gasteiger partial charge on any atom is -0.657 e. The molecule has 5 heterocycles. The van der Waals surface area contributed by atoms with E-state index in [9.17, 15) is 9.59 Å². The number of Topliss-reactive ketones (excluding diaryl/α,β-unsaturated/α-hetero) is 1. The summed E-state index contributed by atoms with van der Waals surface area (Å²) in [6, 6.07) is 0. The molecule has 3 aromatic rings. The molecule has 6 rings (SSSR count). The fourth-order valence-corrected chi connectivity index (χ4v) is 7.14. The third-order valence-electron chi connectivity index (χ3n) is 9.51. The van der Waals surface area contributed by atoms with Crippen LogP contribution in [0.1, 0.15) is 95.1 Å². The Balaban J connectivity index is 0.00000353. The predicted octanol–water partition coefficient (Wildman–Crippen LogP) is 3.20. The van der Waals surface area contributed by atoms with Crippen molar-refractivity contribution >= 4 is 58.6 Å². The third-order valence-corrected chi connectivity index (χ3v) is 9.51. The number of hydrogen-bond donors (Lipinski definition) is 1. The molecule has 1 fully saturated rings. The van der Waals surface area contributed by atoms with Crippen LogP contribution in [0.5, 0.6) is 0 Å². The molecule has 3 aliphatic rings. The van der Waals surface area contributed by atoms with Crippen molar-refractivity contribution in [3.63, 3.8) is 0 Å². The second kappa shape index (κ2) is 11.1. The normalized spacial score (nSPS) is 25.1. The zero-order chi connectivity index (χ0) is 29.3. The van der Waals surface area contributed by atoms with Crippen LogP contribution in [0.2, 0.25) is 0 Å². The smallest absolute Gasteiger partial charge is 0.657 e. The van der Waals surface area contributed by atoms with Crippen molar-refractivity contribution in [3.8, 4) is 0 Å². The molecule has 214 valence electrons. The van der Waals surface area contributed by atoms with Gasteiger partial charge in [-0.3, -0.25) is 9.59 Å². The first kappa shape index (κ1) is 30.2. The van der Waals surface area contributed by atoms with Gasteiger partial charge in [-0.25, -0.2) is 0 Å². The molecule has 7 nitrogen and oxygen atoms in total. The quantitative estimate of drug-likeness (QED) is 0.291. The fourth-order valence-electron chi connectivity index (χ4n) is 7.14. The minimum absolute atomic E-state index is 0. The van der Waals surface area contributed by atoms with E-state index in [0.717, 1.165) is 75.0 Å². The van der Waals surface area contributed by atoms with Gasteiger partial charge in [-0.2, -0.15) is 0 Å². The van der Waals surface area contributed by atoms with Gasteiger partial charge >= 0.3 is 29.0 Å². The molecule has 1 N–H and O–H groups in total. The molecule has 2 aliphatic heterocycles. The van der Waals surface area contributed by atoms with E-state index >= 15 is 0 Å². The molecule has 1 aliphatic carbocycles. The Hall–Kier alpha value is -3.23. The van der Waals surface area contributed by atoms with Gasteiger partial charge in [0.05, 0.1) is 7.11 Å². The molecule has 0 unspecified atom stereocenters. The second-order valence-corrected chi connectivity index (χ2v) is 11.5. The fraction of sp³-hybridized carbons (Fsp3) is 0.412. The number of hydrogen-bond acceptors (Lipinski definition) is 4. The van der Waals surface area contributed by atoms with Gasteiger partial charge < -0.3 is 25.0 Å². The summed E-state index contributed by atoms with van der Waals surface area (Å²) >= 11 is 0. The molecule has 8 heteroatoms. The summed E-state index contributed by atoms with van der Waals surface area (Å²) in [7, 11) is 1.34. The van der Waals surface area contributed by atoms with Crippen LogP contribution in [0.25, 0.3) is 23.8 Å². The molecule has 8 bridgehead atoms. The van der Waals surface area contributed by atoms with Crippen molar-refractivity contribution in [3.05, 3.63) is 78.2 Å². The Morgan fingerprint density at radius 2 is 1.55 bits per heavy atom. The van der Waals surface area contributed by atoms with Crippen LogP contribution in [-0.2, 0) is 22.4 Å². The molecular weight excluding hydrogens is 537 g/mol. The molecule has 0 saturated carbocycles. The molecule has 0 radical (unpaired) electrons. The summed E-state index contributed by atoms with van der Waals surface area (Å²) in [6.45, 7) is 14.8. The number of nitrogens with one attached hydrogen (secondary N) is 1. The Bertz CT molecular complexity index is 1810. The molecular formula is C34H37MgN4O3-. The van der Waals surface area contributed by atoms with E-state index in [1.807, 2.05) is 13.0 Å². The van der Waals surface area contributed by atoms with Gasteiger partial charge in [0, 0.05) is 28.8 Å². The first-order valence-corrected chi connectivity index (χ1v) is 14.7. The SMILES string of the molecule is CCc1c2[n-]c(c1C)/C=C1\N/C(=C3\c4[n-]c(c(C)c4C(=O)[C@@H]3C(=O)OC)/C=c3/[n-]/c(c(C)c3CC)=C\2)[C@@H](CC)[C@@H]1C.[Mg+2]. The summed E-state index contributed by atoms with van der Waals surface area (Å²) < 4.78 is 5.17. The van der Waals surface area contributed by atoms with Gasteiger partial charge in [0.15, 0.2) is 5.78 Å². The number of allylic oxidation sites excluding steroid dienone is 2. The number of nitrogens with zero attached hydrogens (tertiary/aromatic N) is 3. The van der Waals surface area contributed by atoms with E-state index < -0.39 is 11.9 Å². The summed E-state index contributed by atoms with van der Waals surface area (Å²) in [4.78, 5) is 42.2. The molecule has 42 heavy (non-hydrogen) atoms. The maximum absolute atomic E-state index is 13.9. The van der Waals surface area contributed by atoms with E-state index in [2.05, 4.69) is 59.0 Å². The van der Waals surface area contributed by atoms with Gasteiger partial charge in [-0.15, -0.1) is 33.5 Å². The van der Waals surface area contributed by atoms with Crippen LogP contribution >= 0.6 is 0 Å². The van der Waals surface area contributed by atoms with Gasteiger partial charge in [0.25, 0.3) is 0 Å². The zero-order valence-corrected chi connectivity index (χ0v) is 27.3. The molecule has 3 aromatic heterocycles. The van der Waals surface area contributed by atoms with Gasteiger partial charge in [-0.05, 0) is 45.6 Å². The first-order chi connectivity index (χ1) is 19.6. The number of ether oxygens (including phenoxy) is 1. The first-order valence-electron chi connectivity index (χ1n) is 14.7. The summed E-state index contributed by atoms with van der Waals surface area (Å²) in [5.74, 6) is -1.61. The van der Waals surface area contributed by atoms with E-state index in [1.54, 1.807) is 0 Å². The van der Waals surface area contributed by atoms with Crippen molar-refractivity contribution in [2.45, 2.75) is 67.7 Å². The molecule has 0 spiro atoms. The Morgan fingerprint density at radius 1 is 0.881 bits per heavy atom. The Labute approximate surface area is 263 Å². The van der Waals surface area contributed by atoms with Crippen molar-refractivity contribution in [2.24, 2.45) is 17.8 Å². The third kappa shape index (κ3) is 4.29. The van der Waals surface area contributed by atoms with E-state index in [0.29, 0.717) is 22.5 Å². The largest absolute Gasteiger partial charge is 2.00 e. The number of esters is 1. The summed E-state index contributed by atoms with van der Waals surface area (Å²) in [6.07, 6.45) is 8.78. The van der Waals surface area contributed by atoms with Crippen LogP contribution in [0.3, 0.4) is 0 Å². The topological polar surface area (TPSA) is 97.7 Å². The van der Waals surface area contributed by atoms with Crippen LogP contribution in [0.15, 0.2) is 11.4 Å². The van der Waals surface area contributed by atoms with Gasteiger partial charge in [0.1, 0.15) is 5.92 Å². The zero-order valence-electron chi connectivity index (χ0n) is 25.9. The molecule has 0 aromatic carbocycles. The number of fused-ring (bicyclic) bond motifs is 7. The molecule has 1 saturated heterocycles. The van der Waals surface area contributed by atoms with Crippen LogP contribution in [-0.4, -0.2) is 41.9 Å². The van der Waals surface area contributed by atoms with E-state index in [-0.39, 0.29) is 40.7 Å². The monoisotopic (exact) mass is 573 g/mol. The van der Waals surface area contributed by atoms with Crippen LogP contribution in [0.4, 0.5) is 0 Å². The Kier molecular flexibility index (Phi) is 8.00. The molecule has 3 atom stereocenters. The number of methoxy groups -OCH3 is 1. The van der Waals surface area contributed by atoms with E-state index in [4.69, 9.17) is 19.7 Å². The van der Waals surface area contributed by atoms with Crippen LogP contribution < -0.4 is 31.0 Å². The average molecular weight is 574 g/mol. The van der Waals surface area contributed by atoms with Gasteiger partial charge in [0.2, 0.25) is 0 Å². The summed E-state index contributed by atoms with van der Waals surface area (Å²) in [5, 5.41) is 5.43. The number of aromatic nitrogens is 3. The average Bonchev–Trinajstić information content (AvgIpc) is 3.69. The molecule has 0 amide bonds. The number of carbonyl (C=O) groups is 2. The van der Waals surface area contributed by atoms with Crippen molar-refractivity contribution < 1.29 is 14.3 Å². The number of rotatable bonds is 4. The standard InChI is InChI=1S/C34H38N4O3.Mg/c1-9-19-15(4)22-12-24-17(6)21(11-3)31(37-24)29-30(34(40)41-8)33(39)28-18(7)25(38-32(28)29)14-27-20(10-2)16(5)23(36-27)13-26(19)35-22;/h12-14,17,21,30H,9-11H2,1-8H3,(H2,37,38,39);/q-2;+2/p-1/b23-13-,24-12-,27-14+;/t17-,21-,30+;/m0./s1. The minimum atomic E-state index is -1.03. The number of carbonyl (C=O) groups excluding carboxylic acids is 2. The predicted molar refractivity (Wildman–Crippen MR) is 165 cm³/mol. The van der Waals surface area contributed by atoms with Crippen molar-refractivity contribution in [2.75, 3.05) is 7.11 Å². The second-order valence-electron chi connectivity index (χ2n) is 11.5. The van der Waals surface area contributed by atoms with Crippen molar-refractivity contribution in [1.29, 1.82) is 0 Å². The van der Waals surface area contributed by atoms with Crippen LogP contribution in [0, 0.1) is 38.5 Å².